The Morgan fingerprint density at radius 3 is 2.90 bits per heavy atom. The fraction of sp³-hybridized carbons (Fsp3) is 0.571. The Kier molecular flexibility index (Phi) is 3.58. The Morgan fingerprint density at radius 1 is 1.35 bits per heavy atom. The molecule has 0 spiro atoms. The molecule has 1 aliphatic rings. The lowest BCUT2D eigenvalue weighted by Gasteiger charge is -2.30. The van der Waals surface area contributed by atoms with Crippen molar-refractivity contribution < 1.29 is 8.83 Å². The van der Waals surface area contributed by atoms with Crippen molar-refractivity contribution in [3.8, 4) is 11.5 Å². The van der Waals surface area contributed by atoms with E-state index in [1.807, 2.05) is 19.9 Å². The number of rotatable bonds is 3. The summed E-state index contributed by atoms with van der Waals surface area (Å²) < 4.78 is 11.3. The molecule has 0 radical (unpaired) electrons. The van der Waals surface area contributed by atoms with E-state index >= 15 is 0 Å². The molecule has 6 heteroatoms. The molecule has 0 aromatic carbocycles. The first-order valence-corrected chi connectivity index (χ1v) is 6.97. The van der Waals surface area contributed by atoms with Crippen LogP contribution in [0.2, 0.25) is 0 Å². The van der Waals surface area contributed by atoms with Gasteiger partial charge in [-0.25, -0.2) is 0 Å². The summed E-state index contributed by atoms with van der Waals surface area (Å²) in [6.45, 7) is 9.72. The van der Waals surface area contributed by atoms with Crippen LogP contribution in [0, 0.1) is 13.8 Å². The third-order valence-corrected chi connectivity index (χ3v) is 3.55. The fourth-order valence-corrected chi connectivity index (χ4v) is 2.62. The molecule has 0 unspecified atom stereocenters. The molecule has 0 amide bonds. The molecule has 1 saturated heterocycles. The molecule has 0 saturated carbocycles. The number of furan rings is 1. The molecule has 2 aromatic heterocycles. The smallest absolute Gasteiger partial charge is 0.251 e. The Balaban J connectivity index is 1.72. The number of nitrogens with zero attached hydrogens (tertiary/aromatic N) is 3. The monoisotopic (exact) mass is 276 g/mol. The van der Waals surface area contributed by atoms with E-state index in [2.05, 4.69) is 27.3 Å². The average Bonchev–Trinajstić information content (AvgIpc) is 2.96. The first kappa shape index (κ1) is 13.3. The van der Waals surface area contributed by atoms with E-state index in [0.29, 0.717) is 24.4 Å². The lowest BCUT2D eigenvalue weighted by molar-refractivity contribution is 0.184. The molecule has 6 nitrogen and oxygen atoms in total. The van der Waals surface area contributed by atoms with Crippen LogP contribution in [0.15, 0.2) is 14.9 Å². The third-order valence-electron chi connectivity index (χ3n) is 3.55. The van der Waals surface area contributed by atoms with Crippen molar-refractivity contribution in [2.45, 2.75) is 33.4 Å². The van der Waals surface area contributed by atoms with Crippen molar-refractivity contribution in [1.82, 2.24) is 20.4 Å². The highest BCUT2D eigenvalue weighted by molar-refractivity contribution is 5.55. The number of hydrogen-bond donors (Lipinski definition) is 1. The van der Waals surface area contributed by atoms with Crippen LogP contribution in [0.5, 0.6) is 0 Å². The normalized spacial score (nSPS) is 20.4. The maximum atomic E-state index is 5.76. The topological polar surface area (TPSA) is 67.3 Å². The highest BCUT2D eigenvalue weighted by Crippen LogP contribution is 2.25. The number of piperazine rings is 1. The maximum absolute atomic E-state index is 5.76. The molecule has 0 bridgehead atoms. The molecular weight excluding hydrogens is 256 g/mol. The second-order valence-corrected chi connectivity index (χ2v) is 5.42. The van der Waals surface area contributed by atoms with Crippen LogP contribution in [0.3, 0.4) is 0 Å². The van der Waals surface area contributed by atoms with Crippen LogP contribution in [-0.4, -0.2) is 40.8 Å². The van der Waals surface area contributed by atoms with Gasteiger partial charge in [-0.2, -0.15) is 0 Å². The first-order valence-electron chi connectivity index (χ1n) is 6.97. The Bertz CT molecular complexity index is 590. The summed E-state index contributed by atoms with van der Waals surface area (Å²) in [5, 5.41) is 11.7. The van der Waals surface area contributed by atoms with Crippen LogP contribution >= 0.6 is 0 Å². The predicted molar refractivity (Wildman–Crippen MR) is 74.2 cm³/mol. The van der Waals surface area contributed by atoms with E-state index in [1.54, 1.807) is 0 Å². The van der Waals surface area contributed by atoms with Crippen LogP contribution in [-0.2, 0) is 6.54 Å². The standard InChI is InChI=1S/C14H20N4O2/c1-9-7-18(5-4-15-9)8-13-16-17-14(20-13)12-6-10(2)19-11(12)3/h6,9,15H,4-5,7-8H2,1-3H3/t9-/m0/s1. The zero-order chi connectivity index (χ0) is 14.1. The number of aromatic nitrogens is 2. The van der Waals surface area contributed by atoms with Gasteiger partial charge in [0.1, 0.15) is 11.5 Å². The highest BCUT2D eigenvalue weighted by Gasteiger charge is 2.19. The molecular formula is C14H20N4O2. The third kappa shape index (κ3) is 2.76. The Labute approximate surface area is 118 Å². The average molecular weight is 276 g/mol. The van der Waals surface area contributed by atoms with Gasteiger partial charge in [0.25, 0.3) is 5.89 Å². The zero-order valence-corrected chi connectivity index (χ0v) is 12.1. The summed E-state index contributed by atoms with van der Waals surface area (Å²) in [5.74, 6) is 2.87. The summed E-state index contributed by atoms with van der Waals surface area (Å²) in [6.07, 6.45) is 0. The van der Waals surface area contributed by atoms with Gasteiger partial charge in [-0.05, 0) is 26.8 Å². The summed E-state index contributed by atoms with van der Waals surface area (Å²) in [5.41, 5.74) is 0.884. The second-order valence-electron chi connectivity index (χ2n) is 5.42. The second kappa shape index (κ2) is 5.38. The quantitative estimate of drug-likeness (QED) is 0.921. The summed E-state index contributed by atoms with van der Waals surface area (Å²) >= 11 is 0. The van der Waals surface area contributed by atoms with E-state index in [9.17, 15) is 0 Å². The molecule has 1 aliphatic heterocycles. The molecule has 1 atom stereocenters. The van der Waals surface area contributed by atoms with Crippen molar-refractivity contribution in [1.29, 1.82) is 0 Å². The molecule has 2 aromatic rings. The van der Waals surface area contributed by atoms with Gasteiger partial charge in [0, 0.05) is 25.7 Å². The zero-order valence-electron chi connectivity index (χ0n) is 12.1. The molecule has 1 fully saturated rings. The van der Waals surface area contributed by atoms with Gasteiger partial charge < -0.3 is 14.2 Å². The van der Waals surface area contributed by atoms with Crippen LogP contribution < -0.4 is 5.32 Å². The van der Waals surface area contributed by atoms with Gasteiger partial charge in [-0.3, -0.25) is 4.90 Å². The van der Waals surface area contributed by atoms with Crippen molar-refractivity contribution in [2.24, 2.45) is 0 Å². The minimum absolute atomic E-state index is 0.505. The van der Waals surface area contributed by atoms with Gasteiger partial charge >= 0.3 is 0 Å². The maximum Gasteiger partial charge on any atom is 0.251 e. The molecule has 108 valence electrons. The van der Waals surface area contributed by atoms with Crippen molar-refractivity contribution in [3.63, 3.8) is 0 Å². The van der Waals surface area contributed by atoms with E-state index in [0.717, 1.165) is 36.7 Å². The number of hydrogen-bond acceptors (Lipinski definition) is 6. The van der Waals surface area contributed by atoms with E-state index < -0.39 is 0 Å². The van der Waals surface area contributed by atoms with Gasteiger partial charge in [0.05, 0.1) is 12.1 Å². The van der Waals surface area contributed by atoms with Gasteiger partial charge in [0.2, 0.25) is 5.89 Å². The lowest BCUT2D eigenvalue weighted by atomic mass is 10.2. The fourth-order valence-electron chi connectivity index (χ4n) is 2.62. The summed E-state index contributed by atoms with van der Waals surface area (Å²) in [4.78, 5) is 2.33. The highest BCUT2D eigenvalue weighted by atomic mass is 16.4. The van der Waals surface area contributed by atoms with Crippen molar-refractivity contribution in [3.05, 3.63) is 23.5 Å². The predicted octanol–water partition coefficient (Wildman–Crippen LogP) is 1.74. The van der Waals surface area contributed by atoms with Crippen LogP contribution in [0.25, 0.3) is 11.5 Å². The first-order chi connectivity index (χ1) is 9.61. The van der Waals surface area contributed by atoms with Crippen LogP contribution in [0.1, 0.15) is 24.3 Å². The molecule has 0 aliphatic carbocycles. The van der Waals surface area contributed by atoms with E-state index in [4.69, 9.17) is 8.83 Å². The van der Waals surface area contributed by atoms with E-state index in [1.165, 1.54) is 0 Å². The number of nitrogens with one attached hydrogen (secondary N) is 1. The minimum atomic E-state index is 0.505. The van der Waals surface area contributed by atoms with E-state index in [-0.39, 0.29) is 0 Å². The minimum Gasteiger partial charge on any atom is -0.466 e. The molecule has 3 heterocycles. The van der Waals surface area contributed by atoms with Crippen molar-refractivity contribution >= 4 is 0 Å². The Hall–Kier alpha value is -1.66. The SMILES string of the molecule is Cc1cc(-c2nnc(CN3CCN[C@@H](C)C3)o2)c(C)o1. The summed E-state index contributed by atoms with van der Waals surface area (Å²) in [7, 11) is 0. The molecule has 20 heavy (non-hydrogen) atoms. The largest absolute Gasteiger partial charge is 0.466 e. The van der Waals surface area contributed by atoms with Crippen molar-refractivity contribution in [2.75, 3.05) is 19.6 Å². The number of aryl methyl sites for hydroxylation is 2. The van der Waals surface area contributed by atoms with Gasteiger partial charge in [-0.1, -0.05) is 0 Å². The van der Waals surface area contributed by atoms with Gasteiger partial charge in [0.15, 0.2) is 0 Å². The molecule has 3 rings (SSSR count). The van der Waals surface area contributed by atoms with Gasteiger partial charge in [-0.15, -0.1) is 10.2 Å². The van der Waals surface area contributed by atoms with Crippen LogP contribution in [0.4, 0.5) is 0 Å². The lowest BCUT2D eigenvalue weighted by Crippen LogP contribution is -2.48. The Morgan fingerprint density at radius 2 is 2.20 bits per heavy atom. The molecule has 1 N–H and O–H groups in total. The summed E-state index contributed by atoms with van der Waals surface area (Å²) in [6, 6.07) is 2.43.